The van der Waals surface area contributed by atoms with Crippen molar-refractivity contribution < 1.29 is 14.4 Å². The standard InChI is InChI=1S/C25H22O3/c1-18(26)23(24(27)17-19-8-4-2-5-9-19)16-20-12-14-22(15-13-20)25(28)21-10-6-3-7-11-21/h2-15,23H,16-17H2,1H3. The van der Waals surface area contributed by atoms with Gasteiger partial charge in [0.25, 0.3) is 0 Å². The van der Waals surface area contributed by atoms with Gasteiger partial charge in [0.1, 0.15) is 11.6 Å². The van der Waals surface area contributed by atoms with Crippen molar-refractivity contribution in [1.29, 1.82) is 0 Å². The lowest BCUT2D eigenvalue weighted by Crippen LogP contribution is -2.26. The third-order valence-electron chi connectivity index (χ3n) is 4.79. The molecular weight excluding hydrogens is 348 g/mol. The largest absolute Gasteiger partial charge is 0.299 e. The van der Waals surface area contributed by atoms with Crippen molar-refractivity contribution in [1.82, 2.24) is 0 Å². The molecule has 28 heavy (non-hydrogen) atoms. The van der Waals surface area contributed by atoms with Crippen LogP contribution in [-0.4, -0.2) is 17.3 Å². The van der Waals surface area contributed by atoms with E-state index >= 15 is 0 Å². The highest BCUT2D eigenvalue weighted by Gasteiger charge is 2.23. The molecule has 0 aliphatic rings. The molecule has 0 aliphatic carbocycles. The van der Waals surface area contributed by atoms with Crippen molar-refractivity contribution in [3.63, 3.8) is 0 Å². The van der Waals surface area contributed by atoms with Crippen LogP contribution >= 0.6 is 0 Å². The van der Waals surface area contributed by atoms with Gasteiger partial charge < -0.3 is 0 Å². The van der Waals surface area contributed by atoms with Crippen LogP contribution in [0, 0.1) is 5.92 Å². The van der Waals surface area contributed by atoms with E-state index in [0.717, 1.165) is 11.1 Å². The molecule has 1 atom stereocenters. The van der Waals surface area contributed by atoms with Gasteiger partial charge in [0, 0.05) is 17.5 Å². The van der Waals surface area contributed by atoms with E-state index in [4.69, 9.17) is 0 Å². The molecule has 3 aromatic carbocycles. The first-order valence-corrected chi connectivity index (χ1v) is 9.30. The number of carbonyl (C=O) groups is 3. The number of hydrogen-bond donors (Lipinski definition) is 0. The van der Waals surface area contributed by atoms with Gasteiger partial charge in [-0.25, -0.2) is 0 Å². The monoisotopic (exact) mass is 370 g/mol. The number of Topliss-reactive ketones (excluding diaryl/α,β-unsaturated/α-hetero) is 2. The maximum absolute atomic E-state index is 12.6. The van der Waals surface area contributed by atoms with Gasteiger partial charge in [-0.15, -0.1) is 0 Å². The number of rotatable bonds is 8. The van der Waals surface area contributed by atoms with Crippen LogP contribution in [0.5, 0.6) is 0 Å². The third-order valence-corrected chi connectivity index (χ3v) is 4.79. The molecule has 0 N–H and O–H groups in total. The van der Waals surface area contributed by atoms with Crippen LogP contribution in [0.3, 0.4) is 0 Å². The molecule has 0 spiro atoms. The minimum Gasteiger partial charge on any atom is -0.299 e. The maximum atomic E-state index is 12.6. The molecule has 1 unspecified atom stereocenters. The molecule has 0 saturated heterocycles. The van der Waals surface area contributed by atoms with Gasteiger partial charge in [-0.2, -0.15) is 0 Å². The zero-order valence-corrected chi connectivity index (χ0v) is 15.8. The van der Waals surface area contributed by atoms with E-state index in [1.165, 1.54) is 6.92 Å². The van der Waals surface area contributed by atoms with Crippen LogP contribution in [0.2, 0.25) is 0 Å². The smallest absolute Gasteiger partial charge is 0.193 e. The minimum absolute atomic E-state index is 0.0459. The van der Waals surface area contributed by atoms with Crippen LogP contribution in [0.1, 0.15) is 34.0 Å². The average molecular weight is 370 g/mol. The van der Waals surface area contributed by atoms with Gasteiger partial charge in [0.15, 0.2) is 5.78 Å². The summed E-state index contributed by atoms with van der Waals surface area (Å²) < 4.78 is 0. The third kappa shape index (κ3) is 4.89. The Morgan fingerprint density at radius 1 is 0.679 bits per heavy atom. The summed E-state index contributed by atoms with van der Waals surface area (Å²) in [5.41, 5.74) is 2.99. The van der Waals surface area contributed by atoms with Gasteiger partial charge >= 0.3 is 0 Å². The van der Waals surface area contributed by atoms with Gasteiger partial charge in [0.05, 0.1) is 5.92 Å². The topological polar surface area (TPSA) is 51.2 Å². The molecule has 0 fully saturated rings. The Balaban J connectivity index is 1.71. The molecule has 0 saturated carbocycles. The summed E-state index contributed by atoms with van der Waals surface area (Å²) in [5, 5.41) is 0. The zero-order chi connectivity index (χ0) is 19.9. The van der Waals surface area contributed by atoms with Gasteiger partial charge in [0.2, 0.25) is 0 Å². The Morgan fingerprint density at radius 3 is 1.79 bits per heavy atom. The molecule has 0 aliphatic heterocycles. The lowest BCUT2D eigenvalue weighted by molar-refractivity contribution is -0.131. The SMILES string of the molecule is CC(=O)C(Cc1ccc(C(=O)c2ccccc2)cc1)C(=O)Cc1ccccc1. The van der Waals surface area contributed by atoms with E-state index < -0.39 is 5.92 Å². The van der Waals surface area contributed by atoms with Crippen molar-refractivity contribution in [2.75, 3.05) is 0 Å². The normalized spacial score (nSPS) is 11.6. The molecule has 140 valence electrons. The van der Waals surface area contributed by atoms with Crippen molar-refractivity contribution in [2.45, 2.75) is 19.8 Å². The zero-order valence-electron chi connectivity index (χ0n) is 15.8. The Kier molecular flexibility index (Phi) is 6.28. The second-order valence-electron chi connectivity index (χ2n) is 6.89. The van der Waals surface area contributed by atoms with Crippen molar-refractivity contribution >= 4 is 17.3 Å². The Labute approximate surface area is 165 Å². The molecule has 0 amide bonds. The quantitative estimate of drug-likeness (QED) is 0.434. The summed E-state index contributed by atoms with van der Waals surface area (Å²) in [6.45, 7) is 1.46. The van der Waals surface area contributed by atoms with Crippen LogP contribution in [0.15, 0.2) is 84.9 Å². The molecule has 0 heterocycles. The molecule has 0 bridgehead atoms. The number of ketones is 3. The minimum atomic E-state index is -0.670. The van der Waals surface area contributed by atoms with E-state index in [1.807, 2.05) is 60.7 Å². The summed E-state index contributed by atoms with van der Waals surface area (Å²) in [6, 6.07) is 25.7. The van der Waals surface area contributed by atoms with Gasteiger partial charge in [-0.1, -0.05) is 84.9 Å². The second kappa shape index (κ2) is 9.05. The maximum Gasteiger partial charge on any atom is 0.193 e. The van der Waals surface area contributed by atoms with E-state index in [2.05, 4.69) is 0 Å². The van der Waals surface area contributed by atoms with Crippen molar-refractivity contribution in [2.24, 2.45) is 5.92 Å². The van der Waals surface area contributed by atoms with Crippen LogP contribution < -0.4 is 0 Å². The molecule has 3 nitrogen and oxygen atoms in total. The van der Waals surface area contributed by atoms with Crippen LogP contribution in [-0.2, 0) is 22.4 Å². The van der Waals surface area contributed by atoms with E-state index in [9.17, 15) is 14.4 Å². The summed E-state index contributed by atoms with van der Waals surface area (Å²) >= 11 is 0. The van der Waals surface area contributed by atoms with Gasteiger partial charge in [-0.3, -0.25) is 14.4 Å². The highest BCUT2D eigenvalue weighted by molar-refractivity contribution is 6.09. The predicted octanol–water partition coefficient (Wildman–Crippen LogP) is 4.48. The first-order valence-electron chi connectivity index (χ1n) is 9.30. The van der Waals surface area contributed by atoms with E-state index in [1.54, 1.807) is 24.3 Å². The predicted molar refractivity (Wildman–Crippen MR) is 109 cm³/mol. The van der Waals surface area contributed by atoms with Crippen LogP contribution in [0.4, 0.5) is 0 Å². The number of carbonyl (C=O) groups excluding carboxylic acids is 3. The van der Waals surface area contributed by atoms with Crippen LogP contribution in [0.25, 0.3) is 0 Å². The van der Waals surface area contributed by atoms with Crippen molar-refractivity contribution in [3.8, 4) is 0 Å². The highest BCUT2D eigenvalue weighted by Crippen LogP contribution is 2.17. The number of benzene rings is 3. The fourth-order valence-corrected chi connectivity index (χ4v) is 3.19. The summed E-state index contributed by atoms with van der Waals surface area (Å²) in [5.74, 6) is -0.931. The first-order chi connectivity index (χ1) is 13.5. The van der Waals surface area contributed by atoms with E-state index in [-0.39, 0.29) is 23.8 Å². The molecule has 3 heteroatoms. The molecule has 3 aromatic rings. The Hall–Kier alpha value is -3.33. The van der Waals surface area contributed by atoms with Gasteiger partial charge in [-0.05, 0) is 24.5 Å². The van der Waals surface area contributed by atoms with E-state index in [0.29, 0.717) is 17.5 Å². The second-order valence-corrected chi connectivity index (χ2v) is 6.89. The highest BCUT2D eigenvalue weighted by atomic mass is 16.1. The lowest BCUT2D eigenvalue weighted by atomic mass is 9.88. The molecule has 3 rings (SSSR count). The fraction of sp³-hybridized carbons (Fsp3) is 0.160. The van der Waals surface area contributed by atoms with Crippen molar-refractivity contribution in [3.05, 3.63) is 107 Å². The fourth-order valence-electron chi connectivity index (χ4n) is 3.19. The summed E-state index contributed by atoms with van der Waals surface area (Å²) in [6.07, 6.45) is 0.594. The molecule has 0 aromatic heterocycles. The average Bonchev–Trinajstić information content (AvgIpc) is 2.73. The molecule has 0 radical (unpaired) electrons. The Bertz CT molecular complexity index is 958. The molecular formula is C25H22O3. The summed E-state index contributed by atoms with van der Waals surface area (Å²) in [7, 11) is 0. The number of hydrogen-bond acceptors (Lipinski definition) is 3. The lowest BCUT2D eigenvalue weighted by Gasteiger charge is -2.13. The first kappa shape index (κ1) is 19.4. The summed E-state index contributed by atoms with van der Waals surface area (Å²) in [4.78, 5) is 37.2. The Morgan fingerprint density at radius 2 is 1.21 bits per heavy atom.